The minimum Gasteiger partial charge on any atom is -0.380 e. The minimum atomic E-state index is 0.369. The minimum absolute atomic E-state index is 0.369. The number of methoxy groups -OCH3 is 1. The van der Waals surface area contributed by atoms with Crippen LogP contribution in [0.15, 0.2) is 24.3 Å². The monoisotopic (exact) mass is 331 g/mol. The van der Waals surface area contributed by atoms with Crippen LogP contribution in [0, 0.1) is 3.57 Å². The van der Waals surface area contributed by atoms with Crippen LogP contribution in [0.5, 0.6) is 0 Å². The second-order valence-electron chi connectivity index (χ2n) is 4.32. The average Bonchev–Trinajstić information content (AvgIpc) is 2.33. The van der Waals surface area contributed by atoms with Gasteiger partial charge in [0.2, 0.25) is 0 Å². The molecule has 0 amide bonds. The fourth-order valence-electron chi connectivity index (χ4n) is 2.30. The molecule has 1 aliphatic rings. The summed E-state index contributed by atoms with van der Waals surface area (Å²) in [5.41, 5.74) is 1.20. The van der Waals surface area contributed by atoms with E-state index in [9.17, 15) is 0 Å². The summed E-state index contributed by atoms with van der Waals surface area (Å²) in [6.45, 7) is 0. The zero-order valence-electron chi connectivity index (χ0n) is 9.58. The summed E-state index contributed by atoms with van der Waals surface area (Å²) in [6.07, 6.45) is 5.36. The first-order valence-electron chi connectivity index (χ1n) is 5.84. The van der Waals surface area contributed by atoms with Crippen molar-refractivity contribution in [3.05, 3.63) is 27.8 Å². The predicted octanol–water partition coefficient (Wildman–Crippen LogP) is 3.66. The summed E-state index contributed by atoms with van der Waals surface area (Å²) >= 11 is 2.33. The lowest BCUT2D eigenvalue weighted by Crippen LogP contribution is -2.37. The van der Waals surface area contributed by atoms with E-state index in [-0.39, 0.29) is 0 Å². The quantitative estimate of drug-likeness (QED) is 0.854. The van der Waals surface area contributed by atoms with Gasteiger partial charge in [0.15, 0.2) is 0 Å². The number of hydrogen-bond acceptors (Lipinski definition) is 2. The lowest BCUT2D eigenvalue weighted by atomic mass is 9.92. The summed E-state index contributed by atoms with van der Waals surface area (Å²) in [7, 11) is 1.82. The fraction of sp³-hybridized carbons (Fsp3) is 0.538. The second-order valence-corrected chi connectivity index (χ2v) is 5.56. The van der Waals surface area contributed by atoms with Gasteiger partial charge in [0.1, 0.15) is 0 Å². The van der Waals surface area contributed by atoms with E-state index in [1.165, 1.54) is 34.9 Å². The normalized spacial score (nSPS) is 25.4. The Morgan fingerprint density at radius 3 is 2.56 bits per heavy atom. The lowest BCUT2D eigenvalue weighted by molar-refractivity contribution is 0.0606. The largest absolute Gasteiger partial charge is 0.380 e. The molecule has 2 unspecified atom stereocenters. The van der Waals surface area contributed by atoms with Gasteiger partial charge in [-0.05, 0) is 59.7 Å². The Morgan fingerprint density at radius 2 is 1.88 bits per heavy atom. The predicted molar refractivity (Wildman–Crippen MR) is 75.8 cm³/mol. The molecule has 88 valence electrons. The summed E-state index contributed by atoms with van der Waals surface area (Å²) < 4.78 is 6.81. The zero-order chi connectivity index (χ0) is 11.4. The van der Waals surface area contributed by atoms with Gasteiger partial charge in [-0.15, -0.1) is 0 Å². The highest BCUT2D eigenvalue weighted by atomic mass is 127. The van der Waals surface area contributed by atoms with Gasteiger partial charge >= 0.3 is 0 Å². The van der Waals surface area contributed by atoms with Crippen LogP contribution in [-0.4, -0.2) is 19.3 Å². The fourth-order valence-corrected chi connectivity index (χ4v) is 2.66. The highest BCUT2D eigenvalue weighted by Gasteiger charge is 2.24. The van der Waals surface area contributed by atoms with E-state index in [0.717, 1.165) is 0 Å². The van der Waals surface area contributed by atoms with Crippen molar-refractivity contribution in [3.63, 3.8) is 0 Å². The van der Waals surface area contributed by atoms with E-state index in [2.05, 4.69) is 52.2 Å². The smallest absolute Gasteiger partial charge is 0.0772 e. The number of ether oxygens (including phenoxy) is 1. The Kier molecular flexibility index (Phi) is 4.46. The molecule has 0 heterocycles. The third-order valence-electron chi connectivity index (χ3n) is 3.20. The van der Waals surface area contributed by atoms with E-state index in [1.54, 1.807) is 0 Å². The lowest BCUT2D eigenvalue weighted by Gasteiger charge is -2.31. The van der Waals surface area contributed by atoms with E-state index < -0.39 is 0 Å². The SMILES string of the molecule is COC1CCCCC1Nc1ccc(I)cc1. The maximum absolute atomic E-state index is 5.54. The molecule has 0 radical (unpaired) electrons. The molecular formula is C13H18INO. The van der Waals surface area contributed by atoms with Crippen LogP contribution in [0.2, 0.25) is 0 Å². The average molecular weight is 331 g/mol. The molecule has 1 aliphatic carbocycles. The molecule has 0 aromatic heterocycles. The number of anilines is 1. The van der Waals surface area contributed by atoms with Crippen LogP contribution in [0.1, 0.15) is 25.7 Å². The van der Waals surface area contributed by atoms with Gasteiger partial charge in [-0.25, -0.2) is 0 Å². The van der Waals surface area contributed by atoms with Gasteiger partial charge in [0, 0.05) is 16.4 Å². The summed E-state index contributed by atoms with van der Waals surface area (Å²) in [6, 6.07) is 9.02. The number of halogens is 1. The molecule has 16 heavy (non-hydrogen) atoms. The van der Waals surface area contributed by atoms with Crippen LogP contribution in [-0.2, 0) is 4.74 Å². The van der Waals surface area contributed by atoms with Crippen LogP contribution in [0.3, 0.4) is 0 Å². The molecule has 2 atom stereocenters. The van der Waals surface area contributed by atoms with Crippen molar-refractivity contribution >= 4 is 28.3 Å². The Hall–Kier alpha value is -0.290. The van der Waals surface area contributed by atoms with Crippen LogP contribution in [0.25, 0.3) is 0 Å². The number of rotatable bonds is 3. The van der Waals surface area contributed by atoms with Gasteiger partial charge in [0.25, 0.3) is 0 Å². The molecule has 1 fully saturated rings. The summed E-state index contributed by atoms with van der Waals surface area (Å²) in [5.74, 6) is 0. The highest BCUT2D eigenvalue weighted by molar-refractivity contribution is 14.1. The molecule has 0 saturated heterocycles. The molecule has 2 nitrogen and oxygen atoms in total. The van der Waals surface area contributed by atoms with E-state index in [4.69, 9.17) is 4.74 Å². The van der Waals surface area contributed by atoms with Gasteiger partial charge in [-0.3, -0.25) is 0 Å². The van der Waals surface area contributed by atoms with Crippen molar-refractivity contribution in [3.8, 4) is 0 Å². The van der Waals surface area contributed by atoms with Gasteiger partial charge < -0.3 is 10.1 Å². The van der Waals surface area contributed by atoms with Crippen molar-refractivity contribution in [2.75, 3.05) is 12.4 Å². The standard InChI is InChI=1S/C13H18INO/c1-16-13-5-3-2-4-12(13)15-11-8-6-10(14)7-9-11/h6-9,12-13,15H,2-5H2,1H3. The Labute approximate surface area is 111 Å². The Balaban J connectivity index is 1.99. The molecule has 2 rings (SSSR count). The zero-order valence-corrected chi connectivity index (χ0v) is 11.7. The van der Waals surface area contributed by atoms with E-state index in [0.29, 0.717) is 12.1 Å². The Morgan fingerprint density at radius 1 is 1.19 bits per heavy atom. The van der Waals surface area contributed by atoms with Crippen molar-refractivity contribution < 1.29 is 4.74 Å². The molecule has 3 heteroatoms. The highest BCUT2D eigenvalue weighted by Crippen LogP contribution is 2.24. The first-order valence-corrected chi connectivity index (χ1v) is 6.92. The second kappa shape index (κ2) is 5.87. The number of benzene rings is 1. The number of hydrogen-bond donors (Lipinski definition) is 1. The van der Waals surface area contributed by atoms with Crippen molar-refractivity contribution in [2.24, 2.45) is 0 Å². The van der Waals surface area contributed by atoms with Crippen molar-refractivity contribution in [1.29, 1.82) is 0 Å². The number of nitrogens with one attached hydrogen (secondary N) is 1. The van der Waals surface area contributed by atoms with E-state index >= 15 is 0 Å². The topological polar surface area (TPSA) is 21.3 Å². The van der Waals surface area contributed by atoms with Gasteiger partial charge in [-0.2, -0.15) is 0 Å². The molecule has 1 N–H and O–H groups in total. The van der Waals surface area contributed by atoms with Gasteiger partial charge in [-0.1, -0.05) is 12.8 Å². The van der Waals surface area contributed by atoms with Crippen LogP contribution in [0.4, 0.5) is 5.69 Å². The Bertz CT molecular complexity index is 325. The van der Waals surface area contributed by atoms with Gasteiger partial charge in [0.05, 0.1) is 12.1 Å². The van der Waals surface area contributed by atoms with Crippen molar-refractivity contribution in [2.45, 2.75) is 37.8 Å². The van der Waals surface area contributed by atoms with Crippen LogP contribution < -0.4 is 5.32 Å². The molecule has 0 aliphatic heterocycles. The third kappa shape index (κ3) is 3.10. The molecule has 1 saturated carbocycles. The summed E-state index contributed by atoms with van der Waals surface area (Å²) in [5, 5.41) is 3.58. The molecular weight excluding hydrogens is 313 g/mol. The maximum Gasteiger partial charge on any atom is 0.0772 e. The first-order chi connectivity index (χ1) is 7.79. The molecule has 0 bridgehead atoms. The molecule has 1 aromatic carbocycles. The third-order valence-corrected chi connectivity index (χ3v) is 3.92. The molecule has 1 aromatic rings. The molecule has 0 spiro atoms. The first kappa shape index (κ1) is 12.2. The maximum atomic E-state index is 5.54. The van der Waals surface area contributed by atoms with E-state index in [1.807, 2.05) is 7.11 Å². The van der Waals surface area contributed by atoms with Crippen molar-refractivity contribution in [1.82, 2.24) is 0 Å². The summed E-state index contributed by atoms with van der Waals surface area (Å²) in [4.78, 5) is 0. The van der Waals surface area contributed by atoms with Crippen LogP contribution >= 0.6 is 22.6 Å².